The fraction of sp³-hybridized carbons (Fsp3) is 0. The number of allylic oxidation sites excluding steroid dienone is 1. The van der Waals surface area contributed by atoms with Crippen molar-refractivity contribution in [1.82, 2.24) is 0 Å². The van der Waals surface area contributed by atoms with Crippen LogP contribution in [0.5, 0.6) is 0 Å². The van der Waals surface area contributed by atoms with Crippen molar-refractivity contribution in [2.45, 2.75) is 0 Å². The number of nitrogens with two attached hydrogens (primary N) is 1. The minimum atomic E-state index is -0.226. The second kappa shape index (κ2) is 4.66. The lowest BCUT2D eigenvalue weighted by Gasteiger charge is -1.98. The predicted octanol–water partition coefficient (Wildman–Crippen LogP) is 3.14. The molecule has 3 N–H and O–H groups in total. The van der Waals surface area contributed by atoms with Gasteiger partial charge in [-0.05, 0) is 12.1 Å². The Hall–Kier alpha value is -2.88. The molecule has 0 amide bonds. The van der Waals surface area contributed by atoms with E-state index in [1.165, 1.54) is 6.21 Å². The van der Waals surface area contributed by atoms with Crippen molar-refractivity contribution in [2.75, 3.05) is 5.73 Å². The van der Waals surface area contributed by atoms with Crippen molar-refractivity contribution in [2.24, 2.45) is 4.99 Å². The number of carbonyl (C=O) groups excluding carboxylic acids is 1. The van der Waals surface area contributed by atoms with Crippen molar-refractivity contribution in [3.05, 3.63) is 65.2 Å². The molecule has 20 heavy (non-hydrogen) atoms. The fourth-order valence-corrected chi connectivity index (χ4v) is 2.14. The minimum Gasteiger partial charge on any atom is -0.506 e. The summed E-state index contributed by atoms with van der Waals surface area (Å²) < 4.78 is 0. The van der Waals surface area contributed by atoms with Crippen LogP contribution >= 0.6 is 0 Å². The third kappa shape index (κ3) is 1.87. The van der Waals surface area contributed by atoms with Crippen molar-refractivity contribution < 1.29 is 9.90 Å². The van der Waals surface area contributed by atoms with E-state index in [4.69, 9.17) is 5.73 Å². The fourth-order valence-electron chi connectivity index (χ4n) is 2.14. The zero-order valence-corrected chi connectivity index (χ0v) is 10.6. The number of para-hydroxylation sites is 2. The van der Waals surface area contributed by atoms with Crippen LogP contribution < -0.4 is 5.73 Å². The SMILES string of the molecule is Nc1ccccc1N=CC1=C(O)c2ccccc2C1=O. The van der Waals surface area contributed by atoms with Gasteiger partial charge in [0.05, 0.1) is 16.9 Å². The minimum absolute atomic E-state index is 0.0381. The number of aliphatic imine (C=N–C) groups is 1. The number of anilines is 1. The van der Waals surface area contributed by atoms with Crippen LogP contribution in [0.4, 0.5) is 11.4 Å². The molecule has 0 fully saturated rings. The van der Waals surface area contributed by atoms with Crippen molar-refractivity contribution in [3.8, 4) is 0 Å². The molecule has 0 atom stereocenters. The van der Waals surface area contributed by atoms with Gasteiger partial charge in [-0.25, -0.2) is 0 Å². The Labute approximate surface area is 115 Å². The summed E-state index contributed by atoms with van der Waals surface area (Å²) in [5.74, 6) is -0.264. The summed E-state index contributed by atoms with van der Waals surface area (Å²) in [5, 5.41) is 10.1. The van der Waals surface area contributed by atoms with Gasteiger partial charge < -0.3 is 10.8 Å². The molecule has 1 aliphatic rings. The zero-order chi connectivity index (χ0) is 14.1. The number of rotatable bonds is 2. The highest BCUT2D eigenvalue weighted by Gasteiger charge is 2.27. The molecule has 0 spiro atoms. The third-order valence-electron chi connectivity index (χ3n) is 3.20. The zero-order valence-electron chi connectivity index (χ0n) is 10.6. The lowest BCUT2D eigenvalue weighted by atomic mass is 10.1. The molecule has 0 unspecified atom stereocenters. The Bertz CT molecular complexity index is 761. The van der Waals surface area contributed by atoms with Crippen LogP contribution in [-0.4, -0.2) is 17.1 Å². The maximum absolute atomic E-state index is 12.2. The van der Waals surface area contributed by atoms with Crippen molar-refractivity contribution >= 4 is 29.1 Å². The topological polar surface area (TPSA) is 75.7 Å². The summed E-state index contributed by atoms with van der Waals surface area (Å²) in [7, 11) is 0. The summed E-state index contributed by atoms with van der Waals surface area (Å²) in [5.41, 5.74) is 8.09. The maximum Gasteiger partial charge on any atom is 0.199 e. The lowest BCUT2D eigenvalue weighted by molar-refractivity contribution is 0.104. The molecule has 0 saturated heterocycles. The number of carbonyl (C=O) groups is 1. The number of nitrogen functional groups attached to an aromatic ring is 1. The first-order valence-electron chi connectivity index (χ1n) is 6.14. The van der Waals surface area contributed by atoms with Gasteiger partial charge in [0.15, 0.2) is 5.78 Å². The van der Waals surface area contributed by atoms with Crippen LogP contribution in [0.3, 0.4) is 0 Å². The van der Waals surface area contributed by atoms with Crippen LogP contribution in [0.2, 0.25) is 0 Å². The average Bonchev–Trinajstić information content (AvgIpc) is 2.71. The molecule has 0 heterocycles. The Morgan fingerprint density at radius 3 is 2.35 bits per heavy atom. The summed E-state index contributed by atoms with van der Waals surface area (Å²) in [4.78, 5) is 16.4. The van der Waals surface area contributed by atoms with Gasteiger partial charge in [-0.1, -0.05) is 36.4 Å². The molecule has 0 aromatic heterocycles. The Morgan fingerprint density at radius 1 is 1.00 bits per heavy atom. The molecule has 0 bridgehead atoms. The number of hydrogen-bond acceptors (Lipinski definition) is 4. The monoisotopic (exact) mass is 264 g/mol. The van der Waals surface area contributed by atoms with Gasteiger partial charge in [-0.3, -0.25) is 9.79 Å². The number of fused-ring (bicyclic) bond motifs is 1. The molecule has 3 rings (SSSR count). The van der Waals surface area contributed by atoms with Gasteiger partial charge in [0.2, 0.25) is 0 Å². The van der Waals surface area contributed by atoms with E-state index in [2.05, 4.69) is 4.99 Å². The quantitative estimate of drug-likeness (QED) is 0.646. The Morgan fingerprint density at radius 2 is 1.65 bits per heavy atom. The van der Waals surface area contributed by atoms with Gasteiger partial charge >= 0.3 is 0 Å². The normalized spacial score (nSPS) is 14.1. The Kier molecular flexibility index (Phi) is 2.84. The van der Waals surface area contributed by atoms with Crippen LogP contribution in [-0.2, 0) is 0 Å². The van der Waals surface area contributed by atoms with Gasteiger partial charge in [0, 0.05) is 17.3 Å². The van der Waals surface area contributed by atoms with Crippen molar-refractivity contribution in [3.63, 3.8) is 0 Å². The second-order valence-corrected chi connectivity index (χ2v) is 4.45. The highest BCUT2D eigenvalue weighted by atomic mass is 16.3. The molecule has 4 heteroatoms. The van der Waals surface area contributed by atoms with Gasteiger partial charge in [-0.15, -0.1) is 0 Å². The second-order valence-electron chi connectivity index (χ2n) is 4.45. The van der Waals surface area contributed by atoms with Gasteiger partial charge in [-0.2, -0.15) is 0 Å². The largest absolute Gasteiger partial charge is 0.506 e. The molecule has 0 saturated carbocycles. The molecule has 2 aromatic rings. The van der Waals surface area contributed by atoms with Crippen LogP contribution in [0.25, 0.3) is 5.76 Å². The van der Waals surface area contributed by atoms with Gasteiger partial charge in [0.25, 0.3) is 0 Å². The van der Waals surface area contributed by atoms with E-state index < -0.39 is 0 Å². The highest BCUT2D eigenvalue weighted by molar-refractivity contribution is 6.30. The molecular weight excluding hydrogens is 252 g/mol. The summed E-state index contributed by atoms with van der Waals surface area (Å²) in [6.07, 6.45) is 1.36. The van der Waals surface area contributed by atoms with E-state index in [0.29, 0.717) is 22.5 Å². The van der Waals surface area contributed by atoms with Crippen molar-refractivity contribution in [1.29, 1.82) is 0 Å². The molecule has 2 aromatic carbocycles. The summed E-state index contributed by atoms with van der Waals surface area (Å²) >= 11 is 0. The summed E-state index contributed by atoms with van der Waals surface area (Å²) in [6, 6.07) is 14.0. The molecular formula is C16H12N2O2. The number of Topliss-reactive ketones (excluding diaryl/α,β-unsaturated/α-hetero) is 1. The van der Waals surface area contributed by atoms with Crippen LogP contribution in [0, 0.1) is 0 Å². The summed E-state index contributed by atoms with van der Waals surface area (Å²) in [6.45, 7) is 0. The van der Waals surface area contributed by atoms with E-state index in [-0.39, 0.29) is 17.1 Å². The average molecular weight is 264 g/mol. The first-order valence-corrected chi connectivity index (χ1v) is 6.14. The van der Waals surface area contributed by atoms with E-state index in [0.717, 1.165) is 0 Å². The number of nitrogens with zero attached hydrogens (tertiary/aromatic N) is 1. The number of ketones is 1. The standard InChI is InChI=1S/C16H12N2O2/c17-13-7-3-4-8-14(13)18-9-12-15(19)10-5-1-2-6-11(10)16(12)20/h1-9,19H,17H2. The van der Waals surface area contributed by atoms with E-state index in [1.54, 1.807) is 36.4 Å². The number of aliphatic hydroxyl groups is 1. The lowest BCUT2D eigenvalue weighted by Crippen LogP contribution is -1.99. The molecule has 0 aliphatic heterocycles. The van der Waals surface area contributed by atoms with E-state index in [9.17, 15) is 9.90 Å². The third-order valence-corrected chi connectivity index (χ3v) is 3.20. The van der Waals surface area contributed by atoms with E-state index in [1.807, 2.05) is 12.1 Å². The first-order chi connectivity index (χ1) is 9.68. The van der Waals surface area contributed by atoms with Crippen LogP contribution in [0.15, 0.2) is 59.1 Å². The molecule has 98 valence electrons. The molecule has 1 aliphatic carbocycles. The van der Waals surface area contributed by atoms with Crippen LogP contribution in [0.1, 0.15) is 15.9 Å². The van der Waals surface area contributed by atoms with E-state index >= 15 is 0 Å². The molecule has 0 radical (unpaired) electrons. The molecule has 4 nitrogen and oxygen atoms in total. The predicted molar refractivity (Wildman–Crippen MR) is 79.3 cm³/mol. The maximum atomic E-state index is 12.2. The number of benzene rings is 2. The Balaban J connectivity index is 1.99. The number of hydrogen-bond donors (Lipinski definition) is 2. The first kappa shape index (κ1) is 12.2. The smallest absolute Gasteiger partial charge is 0.199 e. The van der Waals surface area contributed by atoms with Gasteiger partial charge in [0.1, 0.15) is 5.76 Å². The highest BCUT2D eigenvalue weighted by Crippen LogP contribution is 2.30. The number of aliphatic hydroxyl groups excluding tert-OH is 1.